The molecule has 140 valence electrons. The number of rotatable bonds is 5. The molecule has 1 fully saturated rings. The number of hydrogen-bond donors (Lipinski definition) is 0. The lowest BCUT2D eigenvalue weighted by molar-refractivity contribution is 0.258. The molecule has 0 amide bonds. The summed E-state index contributed by atoms with van der Waals surface area (Å²) in [6, 6.07) is 10.1. The third-order valence-corrected chi connectivity index (χ3v) is 4.74. The number of piperazine rings is 1. The zero-order valence-electron chi connectivity index (χ0n) is 15.3. The van der Waals surface area contributed by atoms with Gasteiger partial charge in [0.15, 0.2) is 0 Å². The van der Waals surface area contributed by atoms with Crippen molar-refractivity contribution in [3.05, 3.63) is 48.4 Å². The zero-order chi connectivity index (χ0) is 18.6. The first-order valence-corrected chi connectivity index (χ1v) is 9.26. The van der Waals surface area contributed by atoms with Crippen molar-refractivity contribution < 1.29 is 8.91 Å². The number of aromatic nitrogens is 3. The topological polar surface area (TPSA) is 58.3 Å². The summed E-state index contributed by atoms with van der Waals surface area (Å²) in [6.07, 6.45) is 2.94. The van der Waals surface area contributed by atoms with Gasteiger partial charge >= 0.3 is 0 Å². The fraction of sp³-hybridized carbons (Fsp3) is 0.350. The van der Waals surface area contributed by atoms with E-state index in [4.69, 9.17) is 4.52 Å². The quantitative estimate of drug-likeness (QED) is 0.688. The minimum Gasteiger partial charge on any atom is -0.354 e. The second-order valence-corrected chi connectivity index (χ2v) is 6.67. The van der Waals surface area contributed by atoms with E-state index in [0.29, 0.717) is 17.3 Å². The molecule has 1 saturated heterocycles. The molecule has 1 aliphatic heterocycles. The van der Waals surface area contributed by atoms with Crippen LogP contribution in [0.2, 0.25) is 0 Å². The zero-order valence-corrected chi connectivity index (χ0v) is 15.3. The summed E-state index contributed by atoms with van der Waals surface area (Å²) in [5.74, 6) is 1.37. The Morgan fingerprint density at radius 3 is 2.63 bits per heavy atom. The van der Waals surface area contributed by atoms with Crippen LogP contribution in [0.25, 0.3) is 22.8 Å². The maximum Gasteiger partial charge on any atom is 0.259 e. The highest BCUT2D eigenvalue weighted by atomic mass is 19.1. The lowest BCUT2D eigenvalue weighted by Crippen LogP contribution is -2.46. The lowest BCUT2D eigenvalue weighted by atomic mass is 10.2. The van der Waals surface area contributed by atoms with E-state index in [1.165, 1.54) is 18.6 Å². The fourth-order valence-electron chi connectivity index (χ4n) is 3.30. The van der Waals surface area contributed by atoms with Crippen molar-refractivity contribution >= 4 is 5.82 Å². The highest BCUT2D eigenvalue weighted by molar-refractivity contribution is 5.60. The van der Waals surface area contributed by atoms with E-state index < -0.39 is 0 Å². The normalized spacial score (nSPS) is 15.3. The van der Waals surface area contributed by atoms with Crippen LogP contribution in [0.3, 0.4) is 0 Å². The van der Waals surface area contributed by atoms with Crippen LogP contribution < -0.4 is 4.90 Å². The summed E-state index contributed by atoms with van der Waals surface area (Å²) in [6.45, 7) is 7.47. The fourth-order valence-corrected chi connectivity index (χ4v) is 3.30. The van der Waals surface area contributed by atoms with Gasteiger partial charge in [0.1, 0.15) is 11.6 Å². The minimum atomic E-state index is -0.330. The maximum atomic E-state index is 13.4. The van der Waals surface area contributed by atoms with E-state index in [1.807, 2.05) is 12.1 Å². The molecule has 27 heavy (non-hydrogen) atoms. The predicted molar refractivity (Wildman–Crippen MR) is 102 cm³/mol. The van der Waals surface area contributed by atoms with Crippen LogP contribution in [0.15, 0.2) is 47.1 Å². The van der Waals surface area contributed by atoms with Crippen molar-refractivity contribution in [2.45, 2.75) is 13.3 Å². The van der Waals surface area contributed by atoms with Gasteiger partial charge in [-0.25, -0.2) is 9.37 Å². The van der Waals surface area contributed by atoms with Crippen molar-refractivity contribution in [2.75, 3.05) is 37.6 Å². The smallest absolute Gasteiger partial charge is 0.259 e. The molecule has 3 heterocycles. The largest absolute Gasteiger partial charge is 0.354 e. The molecule has 0 N–H and O–H groups in total. The number of anilines is 1. The van der Waals surface area contributed by atoms with Crippen LogP contribution in [0.5, 0.6) is 0 Å². The molecule has 0 radical (unpaired) electrons. The van der Waals surface area contributed by atoms with Gasteiger partial charge in [0.05, 0.1) is 5.56 Å². The Morgan fingerprint density at radius 2 is 1.93 bits per heavy atom. The third-order valence-electron chi connectivity index (χ3n) is 4.74. The molecule has 3 aromatic rings. The molecule has 0 aliphatic carbocycles. The monoisotopic (exact) mass is 367 g/mol. The number of benzene rings is 1. The minimum absolute atomic E-state index is 0.330. The standard InChI is InChI=1S/C20H22FN5O/c1-2-8-25-9-11-26(12-10-25)18-7-6-16(14-22-18)20-23-19(24-27-20)15-4-3-5-17(21)13-15/h3-7,13-14H,2,8-12H2,1H3. The Morgan fingerprint density at radius 1 is 1.07 bits per heavy atom. The molecule has 1 aromatic carbocycles. The van der Waals surface area contributed by atoms with Crippen LogP contribution in [-0.4, -0.2) is 52.7 Å². The molecule has 0 bridgehead atoms. The summed E-state index contributed by atoms with van der Waals surface area (Å²) >= 11 is 0. The molecule has 0 unspecified atom stereocenters. The molecule has 2 aromatic heterocycles. The van der Waals surface area contributed by atoms with Gasteiger partial charge in [0.2, 0.25) is 5.82 Å². The van der Waals surface area contributed by atoms with Crippen LogP contribution in [0, 0.1) is 5.82 Å². The average molecular weight is 367 g/mol. The first-order chi connectivity index (χ1) is 13.2. The molecule has 0 spiro atoms. The molecule has 0 saturated carbocycles. The number of pyridine rings is 1. The molecule has 4 rings (SSSR count). The number of hydrogen-bond acceptors (Lipinski definition) is 6. The van der Waals surface area contributed by atoms with E-state index in [1.54, 1.807) is 18.3 Å². The van der Waals surface area contributed by atoms with Gasteiger partial charge in [-0.05, 0) is 37.2 Å². The van der Waals surface area contributed by atoms with Crippen molar-refractivity contribution in [3.63, 3.8) is 0 Å². The highest BCUT2D eigenvalue weighted by Crippen LogP contribution is 2.24. The Labute approximate surface area is 157 Å². The van der Waals surface area contributed by atoms with E-state index >= 15 is 0 Å². The second kappa shape index (κ2) is 7.84. The Kier molecular flexibility index (Phi) is 5.11. The Balaban J connectivity index is 1.45. The first-order valence-electron chi connectivity index (χ1n) is 9.26. The Bertz CT molecular complexity index is 887. The molecular formula is C20H22FN5O. The molecule has 1 aliphatic rings. The molecule has 0 atom stereocenters. The van der Waals surface area contributed by atoms with Crippen LogP contribution in [-0.2, 0) is 0 Å². The molecular weight excluding hydrogens is 345 g/mol. The lowest BCUT2D eigenvalue weighted by Gasteiger charge is -2.35. The summed E-state index contributed by atoms with van der Waals surface area (Å²) in [7, 11) is 0. The van der Waals surface area contributed by atoms with Crippen molar-refractivity contribution in [2.24, 2.45) is 0 Å². The van der Waals surface area contributed by atoms with E-state index in [9.17, 15) is 4.39 Å². The van der Waals surface area contributed by atoms with Crippen LogP contribution >= 0.6 is 0 Å². The van der Waals surface area contributed by atoms with Gasteiger partial charge in [-0.3, -0.25) is 4.90 Å². The van der Waals surface area contributed by atoms with Gasteiger partial charge in [0.25, 0.3) is 5.89 Å². The maximum absolute atomic E-state index is 13.4. The van der Waals surface area contributed by atoms with Gasteiger partial charge in [-0.15, -0.1) is 0 Å². The first kappa shape index (κ1) is 17.6. The van der Waals surface area contributed by atoms with E-state index in [-0.39, 0.29) is 5.82 Å². The summed E-state index contributed by atoms with van der Waals surface area (Å²) in [5, 5.41) is 3.95. The number of nitrogens with zero attached hydrogens (tertiary/aromatic N) is 5. The predicted octanol–water partition coefficient (Wildman–Crippen LogP) is 3.47. The third kappa shape index (κ3) is 3.98. The van der Waals surface area contributed by atoms with Crippen molar-refractivity contribution in [1.29, 1.82) is 0 Å². The van der Waals surface area contributed by atoms with Crippen molar-refractivity contribution in [1.82, 2.24) is 20.0 Å². The van der Waals surface area contributed by atoms with Gasteiger partial charge in [-0.1, -0.05) is 24.2 Å². The van der Waals surface area contributed by atoms with Crippen molar-refractivity contribution in [3.8, 4) is 22.8 Å². The average Bonchev–Trinajstić information content (AvgIpc) is 3.19. The second-order valence-electron chi connectivity index (χ2n) is 6.67. The van der Waals surface area contributed by atoms with Crippen LogP contribution in [0.1, 0.15) is 13.3 Å². The van der Waals surface area contributed by atoms with Gasteiger partial charge in [-0.2, -0.15) is 4.98 Å². The van der Waals surface area contributed by atoms with Crippen LogP contribution in [0.4, 0.5) is 10.2 Å². The number of halogens is 1. The highest BCUT2D eigenvalue weighted by Gasteiger charge is 2.18. The summed E-state index contributed by atoms with van der Waals surface area (Å²) < 4.78 is 18.7. The SMILES string of the molecule is CCCN1CCN(c2ccc(-c3nc(-c4cccc(F)c4)no3)cn2)CC1. The Hall–Kier alpha value is -2.80. The van der Waals surface area contributed by atoms with Gasteiger partial charge < -0.3 is 9.42 Å². The molecule has 6 nitrogen and oxygen atoms in total. The molecule has 7 heteroatoms. The summed E-state index contributed by atoms with van der Waals surface area (Å²) in [4.78, 5) is 13.7. The van der Waals surface area contributed by atoms with E-state index in [0.717, 1.165) is 44.1 Å². The van der Waals surface area contributed by atoms with E-state index in [2.05, 4.69) is 31.8 Å². The summed E-state index contributed by atoms with van der Waals surface area (Å²) in [5.41, 5.74) is 1.33. The van der Waals surface area contributed by atoms with Gasteiger partial charge in [0, 0.05) is 37.9 Å².